The number of nitrogens with zero attached hydrogens (tertiary/aromatic N) is 3. The van der Waals surface area contributed by atoms with E-state index in [1.54, 1.807) is 30.9 Å². The molecule has 0 fully saturated rings. The highest BCUT2D eigenvalue weighted by Gasteiger charge is 2.17. The standard InChI is InChI=1S/C19H18F2N4O2S/c1-24(10-13-3-6-14(20)9-16(13)21)17(26)11-25-18(22-23-19(25)28)12-4-7-15(27-2)8-5-12/h3-9H,10-11H2,1-2H3,(H,23,28). The Balaban J connectivity index is 1.78. The third kappa shape index (κ3) is 4.25. The highest BCUT2D eigenvalue weighted by molar-refractivity contribution is 7.71. The summed E-state index contributed by atoms with van der Waals surface area (Å²) in [4.78, 5) is 14.0. The van der Waals surface area contributed by atoms with Gasteiger partial charge >= 0.3 is 0 Å². The Hall–Kier alpha value is -3.07. The van der Waals surface area contributed by atoms with Gasteiger partial charge in [-0.25, -0.2) is 8.78 Å². The average molecular weight is 404 g/mol. The van der Waals surface area contributed by atoms with Crippen LogP contribution in [0.3, 0.4) is 0 Å². The van der Waals surface area contributed by atoms with E-state index in [2.05, 4.69) is 10.2 Å². The molecule has 1 amide bonds. The summed E-state index contributed by atoms with van der Waals surface area (Å²) in [6.07, 6.45) is 0. The SMILES string of the molecule is COc1ccc(-c2n[nH]c(=S)n2CC(=O)N(C)Cc2ccc(F)cc2F)cc1. The van der Waals surface area contributed by atoms with E-state index in [0.717, 1.165) is 17.7 Å². The van der Waals surface area contributed by atoms with Crippen molar-refractivity contribution in [2.24, 2.45) is 0 Å². The fourth-order valence-electron chi connectivity index (χ4n) is 2.67. The number of nitrogens with one attached hydrogen (secondary N) is 1. The van der Waals surface area contributed by atoms with Crippen LogP contribution >= 0.6 is 12.2 Å². The van der Waals surface area contributed by atoms with Crippen LogP contribution in [0.1, 0.15) is 5.56 Å². The van der Waals surface area contributed by atoms with E-state index in [-0.39, 0.29) is 24.6 Å². The molecule has 1 N–H and O–H groups in total. The van der Waals surface area contributed by atoms with Crippen molar-refractivity contribution in [1.29, 1.82) is 0 Å². The molecular formula is C19H18F2N4O2S. The van der Waals surface area contributed by atoms with Crippen molar-refractivity contribution >= 4 is 18.1 Å². The van der Waals surface area contributed by atoms with Gasteiger partial charge in [-0.3, -0.25) is 14.5 Å². The van der Waals surface area contributed by atoms with Gasteiger partial charge in [-0.05, 0) is 42.5 Å². The number of aromatic nitrogens is 3. The first-order chi connectivity index (χ1) is 13.4. The number of methoxy groups -OCH3 is 1. The van der Waals surface area contributed by atoms with Gasteiger partial charge in [0.05, 0.1) is 7.11 Å². The van der Waals surface area contributed by atoms with Gasteiger partial charge in [0.1, 0.15) is 23.9 Å². The normalized spacial score (nSPS) is 10.7. The van der Waals surface area contributed by atoms with E-state index in [1.807, 2.05) is 12.1 Å². The third-order valence-electron chi connectivity index (χ3n) is 4.25. The van der Waals surface area contributed by atoms with E-state index >= 15 is 0 Å². The zero-order valence-corrected chi connectivity index (χ0v) is 16.1. The number of ether oxygens (including phenoxy) is 1. The highest BCUT2D eigenvalue weighted by atomic mass is 32.1. The van der Waals surface area contributed by atoms with Crippen LogP contribution < -0.4 is 4.74 Å². The molecule has 0 aliphatic carbocycles. The Labute approximate surface area is 165 Å². The van der Waals surface area contributed by atoms with E-state index in [9.17, 15) is 13.6 Å². The summed E-state index contributed by atoms with van der Waals surface area (Å²) in [7, 11) is 3.12. The van der Waals surface area contributed by atoms with Gasteiger partial charge in [-0.2, -0.15) is 5.10 Å². The highest BCUT2D eigenvalue weighted by Crippen LogP contribution is 2.21. The van der Waals surface area contributed by atoms with Gasteiger partial charge in [-0.15, -0.1) is 0 Å². The largest absolute Gasteiger partial charge is 0.497 e. The summed E-state index contributed by atoms with van der Waals surface area (Å²) in [5.41, 5.74) is 0.983. The molecule has 0 saturated carbocycles. The number of halogens is 2. The average Bonchev–Trinajstić information content (AvgIpc) is 3.04. The molecule has 0 unspecified atom stereocenters. The van der Waals surface area contributed by atoms with Crippen molar-refractivity contribution in [3.8, 4) is 17.1 Å². The molecule has 28 heavy (non-hydrogen) atoms. The lowest BCUT2D eigenvalue weighted by molar-refractivity contribution is -0.131. The van der Waals surface area contributed by atoms with Gasteiger partial charge in [0.2, 0.25) is 5.91 Å². The smallest absolute Gasteiger partial charge is 0.242 e. The Morgan fingerprint density at radius 2 is 1.96 bits per heavy atom. The zero-order chi connectivity index (χ0) is 20.3. The predicted octanol–water partition coefficient (Wildman–Crippen LogP) is 3.55. The second kappa shape index (κ2) is 8.30. The lowest BCUT2D eigenvalue weighted by Gasteiger charge is -2.18. The molecule has 3 aromatic rings. The number of hydrogen-bond donors (Lipinski definition) is 1. The maximum Gasteiger partial charge on any atom is 0.242 e. The molecule has 0 saturated heterocycles. The maximum absolute atomic E-state index is 13.8. The first-order valence-corrected chi connectivity index (χ1v) is 8.77. The van der Waals surface area contributed by atoms with Crippen LogP contribution in [-0.2, 0) is 17.9 Å². The van der Waals surface area contributed by atoms with Crippen LogP contribution in [0, 0.1) is 16.4 Å². The molecule has 1 heterocycles. The minimum absolute atomic E-state index is 0.00793. The zero-order valence-electron chi connectivity index (χ0n) is 15.3. The van der Waals surface area contributed by atoms with Crippen molar-refractivity contribution in [2.75, 3.05) is 14.2 Å². The van der Waals surface area contributed by atoms with Gasteiger partial charge in [0.15, 0.2) is 10.6 Å². The van der Waals surface area contributed by atoms with Crippen LogP contribution in [0.5, 0.6) is 5.75 Å². The van der Waals surface area contributed by atoms with Crippen molar-refractivity contribution in [3.63, 3.8) is 0 Å². The number of hydrogen-bond acceptors (Lipinski definition) is 4. The number of aromatic amines is 1. The Bertz CT molecular complexity index is 1050. The fourth-order valence-corrected chi connectivity index (χ4v) is 2.87. The van der Waals surface area contributed by atoms with Gasteiger partial charge in [-0.1, -0.05) is 6.07 Å². The number of amides is 1. The summed E-state index contributed by atoms with van der Waals surface area (Å²) in [5.74, 6) is -0.456. The third-order valence-corrected chi connectivity index (χ3v) is 4.56. The number of benzene rings is 2. The molecule has 0 aliphatic heterocycles. The lowest BCUT2D eigenvalue weighted by Crippen LogP contribution is -2.30. The Morgan fingerprint density at radius 3 is 2.61 bits per heavy atom. The van der Waals surface area contributed by atoms with E-state index < -0.39 is 11.6 Å². The monoisotopic (exact) mass is 404 g/mol. The van der Waals surface area contributed by atoms with Crippen molar-refractivity contribution in [2.45, 2.75) is 13.1 Å². The number of rotatable bonds is 6. The van der Waals surface area contributed by atoms with Crippen molar-refractivity contribution < 1.29 is 18.3 Å². The predicted molar refractivity (Wildman–Crippen MR) is 102 cm³/mol. The van der Waals surface area contributed by atoms with Crippen LogP contribution in [0.25, 0.3) is 11.4 Å². The minimum atomic E-state index is -0.696. The number of carbonyl (C=O) groups excluding carboxylic acids is 1. The summed E-state index contributed by atoms with van der Waals surface area (Å²) in [6.45, 7) is -0.0655. The van der Waals surface area contributed by atoms with E-state index in [0.29, 0.717) is 16.3 Å². The van der Waals surface area contributed by atoms with Crippen LogP contribution in [0.4, 0.5) is 8.78 Å². The topological polar surface area (TPSA) is 63.1 Å². The first-order valence-electron chi connectivity index (χ1n) is 8.36. The molecule has 146 valence electrons. The van der Waals surface area contributed by atoms with Gasteiger partial charge in [0, 0.05) is 30.8 Å². The molecule has 1 aromatic heterocycles. The molecule has 0 aliphatic rings. The van der Waals surface area contributed by atoms with Gasteiger partial charge < -0.3 is 9.64 Å². The summed E-state index contributed by atoms with van der Waals surface area (Å²) in [6, 6.07) is 10.4. The number of H-pyrrole nitrogens is 1. The molecule has 9 heteroatoms. The van der Waals surface area contributed by atoms with Crippen LogP contribution in [0.15, 0.2) is 42.5 Å². The van der Waals surface area contributed by atoms with Crippen LogP contribution in [-0.4, -0.2) is 39.7 Å². The molecule has 0 radical (unpaired) electrons. The minimum Gasteiger partial charge on any atom is -0.497 e. The molecule has 2 aromatic carbocycles. The lowest BCUT2D eigenvalue weighted by atomic mass is 10.2. The summed E-state index contributed by atoms with van der Waals surface area (Å²) < 4.78 is 33.9. The Kier molecular flexibility index (Phi) is 5.84. The second-order valence-corrected chi connectivity index (χ2v) is 6.54. The fraction of sp³-hybridized carbons (Fsp3) is 0.211. The number of carbonyl (C=O) groups is 1. The van der Waals surface area contributed by atoms with Gasteiger partial charge in [0.25, 0.3) is 0 Å². The molecule has 0 atom stereocenters. The molecule has 6 nitrogen and oxygen atoms in total. The second-order valence-electron chi connectivity index (χ2n) is 6.15. The summed E-state index contributed by atoms with van der Waals surface area (Å²) >= 11 is 5.24. The molecule has 3 rings (SSSR count). The van der Waals surface area contributed by atoms with Crippen molar-refractivity contribution in [1.82, 2.24) is 19.7 Å². The molecule has 0 bridgehead atoms. The summed E-state index contributed by atoms with van der Waals surface area (Å²) in [5, 5.41) is 6.88. The van der Waals surface area contributed by atoms with E-state index in [4.69, 9.17) is 17.0 Å². The van der Waals surface area contributed by atoms with E-state index in [1.165, 1.54) is 11.0 Å². The molecule has 0 spiro atoms. The maximum atomic E-state index is 13.8. The molecular weight excluding hydrogens is 386 g/mol. The van der Waals surface area contributed by atoms with Crippen molar-refractivity contribution in [3.05, 3.63) is 64.4 Å². The quantitative estimate of drug-likeness (QED) is 0.638. The number of likely N-dealkylation sites (N-methyl/N-ethyl adjacent to an activating group) is 1. The first kappa shape index (κ1) is 19.7. The Morgan fingerprint density at radius 1 is 1.25 bits per heavy atom. The van der Waals surface area contributed by atoms with Crippen LogP contribution in [0.2, 0.25) is 0 Å².